The van der Waals surface area contributed by atoms with Crippen LogP contribution in [0.25, 0.3) is 0 Å². The number of carbonyl (C=O) groups is 2. The third-order valence-electron chi connectivity index (χ3n) is 2.14. The Hall–Kier alpha value is -1.91. The van der Waals surface area contributed by atoms with Gasteiger partial charge in [-0.1, -0.05) is 20.8 Å². The molecule has 0 saturated carbocycles. The van der Waals surface area contributed by atoms with E-state index in [2.05, 4.69) is 5.32 Å². The van der Waals surface area contributed by atoms with E-state index in [9.17, 15) is 14.0 Å². The van der Waals surface area contributed by atoms with Crippen LogP contribution in [0, 0.1) is 11.2 Å². The van der Waals surface area contributed by atoms with Gasteiger partial charge in [0, 0.05) is 11.1 Å². The van der Waals surface area contributed by atoms with E-state index in [0.717, 1.165) is 12.1 Å². The number of hydrogen-bond donors (Lipinski definition) is 2. The van der Waals surface area contributed by atoms with Gasteiger partial charge in [0.05, 0.1) is 5.56 Å². The number of benzene rings is 1. The molecule has 0 aromatic heterocycles. The van der Waals surface area contributed by atoms with E-state index in [1.165, 1.54) is 6.07 Å². The summed E-state index contributed by atoms with van der Waals surface area (Å²) in [4.78, 5) is 22.2. The quantitative estimate of drug-likeness (QED) is 0.833. The Morgan fingerprint density at radius 2 is 1.88 bits per heavy atom. The lowest BCUT2D eigenvalue weighted by Gasteiger charge is -2.17. The van der Waals surface area contributed by atoms with Gasteiger partial charge in [-0.2, -0.15) is 0 Å². The van der Waals surface area contributed by atoms with Crippen molar-refractivity contribution in [3.63, 3.8) is 0 Å². The minimum Gasteiger partial charge on any atom is -0.478 e. The zero-order chi connectivity index (χ0) is 13.2. The minimum atomic E-state index is -1.34. The van der Waals surface area contributed by atoms with Crippen LogP contribution in [0.5, 0.6) is 0 Å². The molecule has 0 aliphatic rings. The number of aromatic carboxylic acids is 1. The Kier molecular flexibility index (Phi) is 3.50. The van der Waals surface area contributed by atoms with Crippen molar-refractivity contribution in [2.45, 2.75) is 20.8 Å². The summed E-state index contributed by atoms with van der Waals surface area (Å²) in [6.45, 7) is 5.18. The largest absolute Gasteiger partial charge is 0.478 e. The molecule has 0 saturated heterocycles. The lowest BCUT2D eigenvalue weighted by atomic mass is 9.95. The first-order valence-electron chi connectivity index (χ1n) is 5.06. The van der Waals surface area contributed by atoms with E-state index in [1.54, 1.807) is 20.8 Å². The van der Waals surface area contributed by atoms with Gasteiger partial charge >= 0.3 is 5.97 Å². The summed E-state index contributed by atoms with van der Waals surface area (Å²) in [6, 6.07) is 3.47. The molecule has 0 spiro atoms. The van der Waals surface area contributed by atoms with E-state index in [-0.39, 0.29) is 11.6 Å². The lowest BCUT2D eigenvalue weighted by Crippen LogP contribution is -2.27. The molecule has 0 unspecified atom stereocenters. The first kappa shape index (κ1) is 13.2. The smallest absolute Gasteiger partial charge is 0.338 e. The van der Waals surface area contributed by atoms with Crippen molar-refractivity contribution in [3.8, 4) is 0 Å². The fourth-order valence-corrected chi connectivity index (χ4v) is 1.08. The van der Waals surface area contributed by atoms with Crippen LogP contribution in [0.4, 0.5) is 10.1 Å². The Balaban J connectivity index is 2.92. The molecule has 1 aromatic carbocycles. The van der Waals surface area contributed by atoms with Crippen molar-refractivity contribution in [1.29, 1.82) is 0 Å². The molecular weight excluding hydrogens is 225 g/mol. The Labute approximate surface area is 98.5 Å². The standard InChI is InChI=1S/C12H14FNO3/c1-12(2,3)11(17)14-7-4-5-8(10(15)16)9(13)6-7/h4-6H,1-3H3,(H,14,17)(H,15,16). The van der Waals surface area contributed by atoms with Gasteiger partial charge in [0.15, 0.2) is 0 Å². The third-order valence-corrected chi connectivity index (χ3v) is 2.14. The number of carboxylic acids is 1. The second-order valence-electron chi connectivity index (χ2n) is 4.70. The molecule has 0 heterocycles. The molecule has 2 N–H and O–H groups in total. The van der Waals surface area contributed by atoms with Crippen LogP contribution >= 0.6 is 0 Å². The maximum absolute atomic E-state index is 13.3. The average molecular weight is 239 g/mol. The topological polar surface area (TPSA) is 66.4 Å². The molecule has 17 heavy (non-hydrogen) atoms. The van der Waals surface area contributed by atoms with Crippen molar-refractivity contribution in [3.05, 3.63) is 29.6 Å². The number of amides is 1. The van der Waals surface area contributed by atoms with Crippen LogP contribution in [0.1, 0.15) is 31.1 Å². The van der Waals surface area contributed by atoms with Gasteiger partial charge in [-0.15, -0.1) is 0 Å². The zero-order valence-electron chi connectivity index (χ0n) is 9.87. The molecule has 4 nitrogen and oxygen atoms in total. The highest BCUT2D eigenvalue weighted by Crippen LogP contribution is 2.19. The third kappa shape index (κ3) is 3.27. The molecule has 1 rings (SSSR count). The molecular formula is C12H14FNO3. The van der Waals surface area contributed by atoms with E-state index in [1.807, 2.05) is 0 Å². The number of halogens is 1. The highest BCUT2D eigenvalue weighted by Gasteiger charge is 2.21. The zero-order valence-corrected chi connectivity index (χ0v) is 9.87. The number of carboxylic acid groups (broad SMARTS) is 1. The number of anilines is 1. The predicted octanol–water partition coefficient (Wildman–Crippen LogP) is 2.51. The molecule has 0 aliphatic heterocycles. The van der Waals surface area contributed by atoms with Crippen molar-refractivity contribution in [2.75, 3.05) is 5.32 Å². The minimum absolute atomic E-state index is 0.243. The number of rotatable bonds is 2. The Morgan fingerprint density at radius 3 is 2.29 bits per heavy atom. The van der Waals surface area contributed by atoms with Gasteiger partial charge in [0.2, 0.25) is 5.91 Å². The summed E-state index contributed by atoms with van der Waals surface area (Å²) >= 11 is 0. The van der Waals surface area contributed by atoms with Crippen molar-refractivity contribution >= 4 is 17.6 Å². The van der Waals surface area contributed by atoms with Crippen LogP contribution < -0.4 is 5.32 Å². The highest BCUT2D eigenvalue weighted by atomic mass is 19.1. The van der Waals surface area contributed by atoms with Crippen LogP contribution in [-0.4, -0.2) is 17.0 Å². The molecule has 92 valence electrons. The molecule has 1 amide bonds. The van der Waals surface area contributed by atoms with Crippen molar-refractivity contribution in [1.82, 2.24) is 0 Å². The van der Waals surface area contributed by atoms with Gasteiger partial charge in [0.25, 0.3) is 0 Å². The van der Waals surface area contributed by atoms with E-state index in [0.29, 0.717) is 0 Å². The van der Waals surface area contributed by atoms with Crippen molar-refractivity contribution < 1.29 is 19.1 Å². The number of hydrogen-bond acceptors (Lipinski definition) is 2. The fraction of sp³-hybridized carbons (Fsp3) is 0.333. The van der Waals surface area contributed by atoms with Gasteiger partial charge in [-0.05, 0) is 18.2 Å². The number of carbonyl (C=O) groups excluding carboxylic acids is 1. The molecule has 0 bridgehead atoms. The number of nitrogens with one attached hydrogen (secondary N) is 1. The molecule has 5 heteroatoms. The summed E-state index contributed by atoms with van der Waals surface area (Å²) in [6.07, 6.45) is 0. The molecule has 0 atom stereocenters. The average Bonchev–Trinajstić information content (AvgIpc) is 2.15. The summed E-state index contributed by atoms with van der Waals surface area (Å²) in [5, 5.41) is 11.2. The fourth-order valence-electron chi connectivity index (χ4n) is 1.08. The second-order valence-corrected chi connectivity index (χ2v) is 4.70. The van der Waals surface area contributed by atoms with Gasteiger partial charge in [0.1, 0.15) is 5.82 Å². The summed E-state index contributed by atoms with van der Waals surface area (Å²) in [5.74, 6) is -2.47. The maximum atomic E-state index is 13.3. The first-order valence-corrected chi connectivity index (χ1v) is 5.06. The van der Waals surface area contributed by atoms with Gasteiger partial charge in [-0.25, -0.2) is 9.18 Å². The first-order chi connectivity index (χ1) is 7.71. The molecule has 0 aliphatic carbocycles. The van der Waals surface area contributed by atoms with E-state index in [4.69, 9.17) is 5.11 Å². The lowest BCUT2D eigenvalue weighted by molar-refractivity contribution is -0.123. The maximum Gasteiger partial charge on any atom is 0.338 e. The Morgan fingerprint density at radius 1 is 1.29 bits per heavy atom. The second kappa shape index (κ2) is 4.53. The van der Waals surface area contributed by atoms with Crippen LogP contribution in [0.2, 0.25) is 0 Å². The summed E-state index contributed by atoms with van der Waals surface area (Å²) in [5.41, 5.74) is -0.770. The van der Waals surface area contributed by atoms with E-state index < -0.39 is 22.8 Å². The monoisotopic (exact) mass is 239 g/mol. The van der Waals surface area contributed by atoms with Gasteiger partial charge in [-0.3, -0.25) is 4.79 Å². The summed E-state index contributed by atoms with van der Waals surface area (Å²) in [7, 11) is 0. The van der Waals surface area contributed by atoms with Gasteiger partial charge < -0.3 is 10.4 Å². The predicted molar refractivity (Wildman–Crippen MR) is 61.4 cm³/mol. The SMILES string of the molecule is CC(C)(C)C(=O)Nc1ccc(C(=O)O)c(F)c1. The normalized spacial score (nSPS) is 11.1. The van der Waals surface area contributed by atoms with Crippen molar-refractivity contribution in [2.24, 2.45) is 5.41 Å². The van der Waals surface area contributed by atoms with Crippen LogP contribution in [-0.2, 0) is 4.79 Å². The van der Waals surface area contributed by atoms with E-state index >= 15 is 0 Å². The van der Waals surface area contributed by atoms with Crippen LogP contribution in [0.15, 0.2) is 18.2 Å². The molecule has 0 fully saturated rings. The highest BCUT2D eigenvalue weighted by molar-refractivity contribution is 5.95. The summed E-state index contributed by atoms with van der Waals surface area (Å²) < 4.78 is 13.3. The molecule has 1 aromatic rings. The molecule has 0 radical (unpaired) electrons. The van der Waals surface area contributed by atoms with Crippen LogP contribution in [0.3, 0.4) is 0 Å². The Bertz CT molecular complexity index is 463.